The molecule has 0 aliphatic heterocycles. The molecule has 1 atom stereocenters. The zero-order valence-corrected chi connectivity index (χ0v) is 18.1. The number of nitrogens with one attached hydrogen (secondary N) is 1. The Kier molecular flexibility index (Phi) is 11.1. The molecule has 2 aromatic rings. The second-order valence-electron chi connectivity index (χ2n) is 8.22. The highest BCUT2D eigenvalue weighted by molar-refractivity contribution is 5.76. The summed E-state index contributed by atoms with van der Waals surface area (Å²) < 4.78 is 26.6. The van der Waals surface area contributed by atoms with Crippen LogP contribution in [0.15, 0.2) is 48.5 Å². The molecule has 1 unspecified atom stereocenters. The van der Waals surface area contributed by atoms with E-state index in [1.54, 1.807) is 0 Å². The second kappa shape index (κ2) is 13.9. The summed E-state index contributed by atoms with van der Waals surface area (Å²) >= 11 is 0. The molecule has 2 aromatic carbocycles. The minimum atomic E-state index is -0.583. The molecule has 0 radical (unpaired) electrons. The molecule has 2 nitrogen and oxygen atoms in total. The van der Waals surface area contributed by atoms with Gasteiger partial charge in [-0.2, -0.15) is 0 Å². The van der Waals surface area contributed by atoms with Crippen molar-refractivity contribution in [3.05, 3.63) is 71.3 Å². The lowest BCUT2D eigenvalue weighted by Crippen LogP contribution is -2.34. The van der Waals surface area contributed by atoms with E-state index in [0.717, 1.165) is 18.9 Å². The van der Waals surface area contributed by atoms with Crippen molar-refractivity contribution >= 4 is 5.91 Å². The third kappa shape index (κ3) is 10.00. The monoisotopic (exact) mass is 415 g/mol. The molecule has 0 saturated heterocycles. The number of hydrogen-bond acceptors (Lipinski definition) is 1. The summed E-state index contributed by atoms with van der Waals surface area (Å²) in [5.41, 5.74) is 1.85. The van der Waals surface area contributed by atoms with Crippen LogP contribution < -0.4 is 5.32 Å². The molecular formula is C26H35F2NO. The molecule has 164 valence electrons. The van der Waals surface area contributed by atoms with Crippen LogP contribution in [0.25, 0.3) is 0 Å². The molecule has 2 rings (SSSR count). The highest BCUT2D eigenvalue weighted by Gasteiger charge is 2.11. The van der Waals surface area contributed by atoms with Gasteiger partial charge in [0.05, 0.1) is 0 Å². The molecule has 0 saturated carbocycles. The molecule has 30 heavy (non-hydrogen) atoms. The van der Waals surface area contributed by atoms with E-state index in [-0.39, 0.29) is 11.9 Å². The number of amides is 1. The van der Waals surface area contributed by atoms with E-state index in [1.807, 2.05) is 6.92 Å². The quantitative estimate of drug-likeness (QED) is 0.339. The Morgan fingerprint density at radius 1 is 0.867 bits per heavy atom. The lowest BCUT2D eigenvalue weighted by Gasteiger charge is -2.14. The van der Waals surface area contributed by atoms with Gasteiger partial charge in [0.2, 0.25) is 5.91 Å². The van der Waals surface area contributed by atoms with Gasteiger partial charge in [0.1, 0.15) is 11.6 Å². The van der Waals surface area contributed by atoms with Crippen molar-refractivity contribution in [2.45, 2.75) is 83.6 Å². The summed E-state index contributed by atoms with van der Waals surface area (Å²) in [7, 11) is 0. The smallest absolute Gasteiger partial charge is 0.220 e. The topological polar surface area (TPSA) is 29.1 Å². The van der Waals surface area contributed by atoms with Crippen LogP contribution in [-0.2, 0) is 17.6 Å². The highest BCUT2D eigenvalue weighted by atomic mass is 19.1. The maximum absolute atomic E-state index is 13.7. The first-order valence-corrected chi connectivity index (χ1v) is 11.3. The summed E-state index contributed by atoms with van der Waals surface area (Å²) in [6.07, 6.45) is 11.5. The van der Waals surface area contributed by atoms with E-state index in [0.29, 0.717) is 18.4 Å². The number of carbonyl (C=O) groups is 1. The summed E-state index contributed by atoms with van der Waals surface area (Å²) in [4.78, 5) is 12.0. The fraction of sp³-hybridized carbons (Fsp3) is 0.500. The number of aryl methyl sites for hydroxylation is 1. The van der Waals surface area contributed by atoms with Gasteiger partial charge in [-0.15, -0.1) is 0 Å². The second-order valence-corrected chi connectivity index (χ2v) is 8.22. The van der Waals surface area contributed by atoms with E-state index in [1.165, 1.54) is 62.6 Å². The number of halogens is 2. The third-order valence-corrected chi connectivity index (χ3v) is 5.41. The summed E-state index contributed by atoms with van der Waals surface area (Å²) in [6, 6.07) is 14.0. The Morgan fingerprint density at radius 2 is 1.50 bits per heavy atom. The Hall–Kier alpha value is -2.23. The summed E-state index contributed by atoms with van der Waals surface area (Å²) in [5, 5.41) is 2.91. The predicted octanol–water partition coefficient (Wildman–Crippen LogP) is 6.77. The van der Waals surface area contributed by atoms with Gasteiger partial charge in [-0.05, 0) is 49.8 Å². The minimum Gasteiger partial charge on any atom is -0.353 e. The number of benzene rings is 2. The molecule has 4 heteroatoms. The van der Waals surface area contributed by atoms with Crippen molar-refractivity contribution in [1.82, 2.24) is 5.32 Å². The highest BCUT2D eigenvalue weighted by Crippen LogP contribution is 2.13. The van der Waals surface area contributed by atoms with Crippen molar-refractivity contribution in [2.24, 2.45) is 0 Å². The van der Waals surface area contributed by atoms with E-state index in [4.69, 9.17) is 0 Å². The maximum atomic E-state index is 13.7. The van der Waals surface area contributed by atoms with Crippen molar-refractivity contribution in [1.29, 1.82) is 0 Å². The zero-order valence-electron chi connectivity index (χ0n) is 18.1. The molecule has 1 amide bonds. The largest absolute Gasteiger partial charge is 0.353 e. The number of carbonyl (C=O) groups excluding carboxylic acids is 1. The van der Waals surface area contributed by atoms with Crippen LogP contribution >= 0.6 is 0 Å². The number of hydrogen-bond donors (Lipinski definition) is 1. The molecule has 0 bridgehead atoms. The molecule has 0 aliphatic carbocycles. The Balaban J connectivity index is 1.44. The molecule has 0 aliphatic rings. The van der Waals surface area contributed by atoms with Gasteiger partial charge in [0.15, 0.2) is 0 Å². The Bertz CT molecular complexity index is 748. The standard InChI is InChI=1S/C26H35F2NO/c1-21(19-23-17-18-24(27)20-25(23)28)29-26(30)16-12-7-5-3-2-4-6-9-13-22-14-10-8-11-15-22/h8,10-11,14-15,17-18,20-21H,2-7,9,12-13,16,19H2,1H3,(H,29,30). The fourth-order valence-electron chi connectivity index (χ4n) is 3.74. The third-order valence-electron chi connectivity index (χ3n) is 5.41. The average Bonchev–Trinajstić information content (AvgIpc) is 2.72. The van der Waals surface area contributed by atoms with Crippen molar-refractivity contribution in [3.8, 4) is 0 Å². The molecule has 0 heterocycles. The van der Waals surface area contributed by atoms with Crippen LogP contribution in [0.5, 0.6) is 0 Å². The molecular weight excluding hydrogens is 380 g/mol. The van der Waals surface area contributed by atoms with Gasteiger partial charge in [0, 0.05) is 18.5 Å². The Morgan fingerprint density at radius 3 is 2.17 bits per heavy atom. The molecule has 0 spiro atoms. The van der Waals surface area contributed by atoms with Gasteiger partial charge in [-0.1, -0.05) is 74.9 Å². The van der Waals surface area contributed by atoms with Crippen LogP contribution in [0.4, 0.5) is 8.78 Å². The van der Waals surface area contributed by atoms with Crippen LogP contribution in [0.3, 0.4) is 0 Å². The lowest BCUT2D eigenvalue weighted by atomic mass is 10.0. The van der Waals surface area contributed by atoms with E-state index >= 15 is 0 Å². The van der Waals surface area contributed by atoms with Crippen LogP contribution in [0.1, 0.15) is 75.8 Å². The van der Waals surface area contributed by atoms with Gasteiger partial charge < -0.3 is 5.32 Å². The molecule has 0 fully saturated rings. The van der Waals surface area contributed by atoms with Gasteiger partial charge in [-0.3, -0.25) is 4.79 Å². The SMILES string of the molecule is CC(Cc1ccc(F)cc1F)NC(=O)CCCCCCCCCCc1ccccc1. The first kappa shape index (κ1) is 24.0. The van der Waals surface area contributed by atoms with Gasteiger partial charge >= 0.3 is 0 Å². The van der Waals surface area contributed by atoms with Crippen LogP contribution in [-0.4, -0.2) is 11.9 Å². The fourth-order valence-corrected chi connectivity index (χ4v) is 3.74. The van der Waals surface area contributed by atoms with Gasteiger partial charge in [-0.25, -0.2) is 8.78 Å². The summed E-state index contributed by atoms with van der Waals surface area (Å²) in [6.45, 7) is 1.85. The minimum absolute atomic E-state index is 0.00549. The Labute approximate surface area is 180 Å². The average molecular weight is 416 g/mol. The van der Waals surface area contributed by atoms with Crippen molar-refractivity contribution in [2.75, 3.05) is 0 Å². The van der Waals surface area contributed by atoms with Crippen molar-refractivity contribution in [3.63, 3.8) is 0 Å². The number of rotatable bonds is 14. The van der Waals surface area contributed by atoms with Crippen molar-refractivity contribution < 1.29 is 13.6 Å². The number of unbranched alkanes of at least 4 members (excludes halogenated alkanes) is 7. The van der Waals surface area contributed by atoms with E-state index in [2.05, 4.69) is 35.6 Å². The molecule has 0 aromatic heterocycles. The van der Waals surface area contributed by atoms with E-state index < -0.39 is 11.6 Å². The maximum Gasteiger partial charge on any atom is 0.220 e. The first-order chi connectivity index (χ1) is 14.5. The molecule has 1 N–H and O–H groups in total. The normalized spacial score (nSPS) is 12.0. The van der Waals surface area contributed by atoms with Crippen LogP contribution in [0, 0.1) is 11.6 Å². The predicted molar refractivity (Wildman–Crippen MR) is 119 cm³/mol. The van der Waals surface area contributed by atoms with E-state index in [9.17, 15) is 13.6 Å². The van der Waals surface area contributed by atoms with Crippen LogP contribution in [0.2, 0.25) is 0 Å². The van der Waals surface area contributed by atoms with Gasteiger partial charge in [0.25, 0.3) is 0 Å². The zero-order chi connectivity index (χ0) is 21.6. The first-order valence-electron chi connectivity index (χ1n) is 11.3. The lowest BCUT2D eigenvalue weighted by molar-refractivity contribution is -0.121. The summed E-state index contributed by atoms with van der Waals surface area (Å²) in [5.74, 6) is -1.14.